The Morgan fingerprint density at radius 3 is 1.77 bits per heavy atom. The van der Waals surface area contributed by atoms with Crippen molar-refractivity contribution in [2.45, 2.75) is 9.79 Å². The molecule has 1 aliphatic rings. The van der Waals surface area contributed by atoms with Crippen molar-refractivity contribution in [3.8, 4) is 40.5 Å². The van der Waals surface area contributed by atoms with E-state index in [9.17, 15) is 5.26 Å². The Labute approximate surface area is 349 Å². The molecule has 0 atom stereocenters. The van der Waals surface area contributed by atoms with Crippen LogP contribution in [0.15, 0.2) is 198 Å². The highest BCUT2D eigenvalue weighted by Crippen LogP contribution is 2.56. The second-order valence-electron chi connectivity index (χ2n) is 14.8. The molecule has 0 N–H and O–H groups in total. The summed E-state index contributed by atoms with van der Waals surface area (Å²) in [5.41, 5.74) is 10.2. The first-order valence-electron chi connectivity index (χ1n) is 19.8. The summed E-state index contributed by atoms with van der Waals surface area (Å²) in [5, 5.41) is 15.6. The molecule has 280 valence electrons. The van der Waals surface area contributed by atoms with Gasteiger partial charge in [0.05, 0.1) is 44.7 Å². The summed E-state index contributed by atoms with van der Waals surface area (Å²) in [6.45, 7) is 0. The minimum absolute atomic E-state index is 0.479. The molecule has 0 spiro atoms. The van der Waals surface area contributed by atoms with Crippen molar-refractivity contribution in [3.63, 3.8) is 0 Å². The molecule has 8 aromatic carbocycles. The lowest BCUT2D eigenvalue weighted by atomic mass is 10.0. The van der Waals surface area contributed by atoms with E-state index in [0.717, 1.165) is 87.3 Å². The van der Waals surface area contributed by atoms with Gasteiger partial charge >= 0.3 is 0 Å². The third kappa shape index (κ3) is 5.20. The van der Waals surface area contributed by atoms with E-state index in [1.807, 2.05) is 66.7 Å². The fraction of sp³-hybridized carbons (Fsp3) is 0. The number of para-hydroxylation sites is 5. The predicted octanol–water partition coefficient (Wildman–Crippen LogP) is 13.2. The fourth-order valence-corrected chi connectivity index (χ4v) is 9.88. The molecule has 0 fully saturated rings. The van der Waals surface area contributed by atoms with E-state index in [2.05, 4.69) is 141 Å². The summed E-state index contributed by atoms with van der Waals surface area (Å²) in [7, 11) is 0. The number of nitriles is 1. The highest BCUT2D eigenvalue weighted by molar-refractivity contribution is 7.99. The molecular formula is C52H31N7S. The van der Waals surface area contributed by atoms with Gasteiger partial charge in [-0.1, -0.05) is 127 Å². The van der Waals surface area contributed by atoms with Crippen LogP contribution >= 0.6 is 11.8 Å². The van der Waals surface area contributed by atoms with Crippen LogP contribution < -0.4 is 4.90 Å². The van der Waals surface area contributed by atoms with Gasteiger partial charge in [0.15, 0.2) is 11.6 Å². The number of nitrogens with zero attached hydrogens (tertiary/aromatic N) is 7. The first-order chi connectivity index (χ1) is 29.7. The molecular weight excluding hydrogens is 755 g/mol. The Morgan fingerprint density at radius 1 is 0.450 bits per heavy atom. The van der Waals surface area contributed by atoms with Crippen LogP contribution in [0.4, 0.5) is 17.1 Å². The van der Waals surface area contributed by atoms with Crippen LogP contribution in [-0.2, 0) is 0 Å². The van der Waals surface area contributed by atoms with Crippen molar-refractivity contribution >= 4 is 72.4 Å². The SMILES string of the molecule is N#Cc1cc(-c2nc(-c3ccccc3)nc(-n3c4ccccc4c4ccccc43)n2)ccc1N1c2ccccc2Sc2ccc3c(c21)c1ccccc1n3-c1ccccc1. The van der Waals surface area contributed by atoms with Crippen molar-refractivity contribution < 1.29 is 0 Å². The number of hydrogen-bond donors (Lipinski definition) is 0. The van der Waals surface area contributed by atoms with Crippen molar-refractivity contribution in [2.75, 3.05) is 4.90 Å². The summed E-state index contributed by atoms with van der Waals surface area (Å²) in [4.78, 5) is 19.9. The maximum absolute atomic E-state index is 11.1. The maximum Gasteiger partial charge on any atom is 0.238 e. The molecule has 60 heavy (non-hydrogen) atoms. The van der Waals surface area contributed by atoms with Gasteiger partial charge in [-0.3, -0.25) is 4.57 Å². The molecule has 0 amide bonds. The van der Waals surface area contributed by atoms with Crippen LogP contribution in [0.3, 0.4) is 0 Å². The molecule has 0 bridgehead atoms. The summed E-state index contributed by atoms with van der Waals surface area (Å²) in [6.07, 6.45) is 0. The smallest absolute Gasteiger partial charge is 0.238 e. The maximum atomic E-state index is 11.1. The Morgan fingerprint density at radius 2 is 1.05 bits per heavy atom. The lowest BCUT2D eigenvalue weighted by Gasteiger charge is -2.34. The molecule has 12 rings (SSSR count). The average molecular weight is 786 g/mol. The molecule has 8 heteroatoms. The van der Waals surface area contributed by atoms with Crippen LogP contribution in [0.1, 0.15) is 5.56 Å². The molecule has 7 nitrogen and oxygen atoms in total. The zero-order valence-corrected chi connectivity index (χ0v) is 32.8. The quantitative estimate of drug-likeness (QED) is 0.173. The van der Waals surface area contributed by atoms with Crippen molar-refractivity contribution in [1.82, 2.24) is 24.1 Å². The summed E-state index contributed by atoms with van der Waals surface area (Å²) in [6, 6.07) is 67.2. The Kier molecular flexibility index (Phi) is 7.70. The second-order valence-corrected chi connectivity index (χ2v) is 15.8. The number of anilines is 3. The van der Waals surface area contributed by atoms with Gasteiger partial charge in [-0.05, 0) is 72.8 Å². The van der Waals surface area contributed by atoms with Crippen molar-refractivity contribution in [3.05, 3.63) is 194 Å². The molecule has 0 radical (unpaired) electrons. The Bertz CT molecular complexity index is 3490. The lowest BCUT2D eigenvalue weighted by Crippen LogP contribution is -2.16. The zero-order valence-electron chi connectivity index (χ0n) is 31.9. The van der Waals surface area contributed by atoms with E-state index in [-0.39, 0.29) is 0 Å². The van der Waals surface area contributed by atoms with Crippen LogP contribution in [0.5, 0.6) is 0 Å². The van der Waals surface area contributed by atoms with E-state index in [1.165, 1.54) is 0 Å². The van der Waals surface area contributed by atoms with Crippen molar-refractivity contribution in [1.29, 1.82) is 5.26 Å². The number of benzene rings is 8. The normalized spacial score (nSPS) is 12.2. The van der Waals surface area contributed by atoms with E-state index in [0.29, 0.717) is 23.2 Å². The highest BCUT2D eigenvalue weighted by atomic mass is 32.2. The monoisotopic (exact) mass is 785 g/mol. The van der Waals surface area contributed by atoms with E-state index in [1.54, 1.807) is 11.8 Å². The molecule has 0 saturated carbocycles. The number of fused-ring (bicyclic) bond motifs is 9. The van der Waals surface area contributed by atoms with Gasteiger partial charge in [0.25, 0.3) is 0 Å². The number of hydrogen-bond acceptors (Lipinski definition) is 6. The third-order valence-electron chi connectivity index (χ3n) is 11.4. The fourth-order valence-electron chi connectivity index (χ4n) is 8.81. The molecule has 4 heterocycles. The molecule has 0 aliphatic carbocycles. The van der Waals surface area contributed by atoms with Crippen LogP contribution in [-0.4, -0.2) is 24.1 Å². The topological polar surface area (TPSA) is 75.6 Å². The van der Waals surface area contributed by atoms with Gasteiger partial charge < -0.3 is 9.47 Å². The standard InChI is InChI=1S/C52H31N7S/c53-32-35-31-34(51-54-50(33-15-3-1-4-16-33)55-52(56-51)59-41-22-10-7-19-37(41)38-20-8-11-23-42(38)59)27-28-40(35)58-44-25-13-14-26-46(44)60-47-30-29-45-48(49(47)58)39-21-9-12-24-43(39)57(45)36-17-5-2-6-18-36/h1-31H. The van der Waals surface area contributed by atoms with Crippen LogP contribution in [0, 0.1) is 11.3 Å². The molecule has 0 saturated heterocycles. The average Bonchev–Trinajstić information content (AvgIpc) is 3.84. The lowest BCUT2D eigenvalue weighted by molar-refractivity contribution is 0.953. The summed E-state index contributed by atoms with van der Waals surface area (Å²) in [5.74, 6) is 1.53. The largest absolute Gasteiger partial charge is 0.309 e. The van der Waals surface area contributed by atoms with Gasteiger partial charge in [0.2, 0.25) is 5.95 Å². The predicted molar refractivity (Wildman–Crippen MR) is 243 cm³/mol. The minimum atomic E-state index is 0.479. The number of rotatable bonds is 5. The number of aromatic nitrogens is 5. The van der Waals surface area contributed by atoms with Crippen LogP contribution in [0.25, 0.3) is 78.0 Å². The van der Waals surface area contributed by atoms with Crippen molar-refractivity contribution in [2.24, 2.45) is 0 Å². The minimum Gasteiger partial charge on any atom is -0.309 e. The molecule has 3 aromatic heterocycles. The third-order valence-corrected chi connectivity index (χ3v) is 12.5. The zero-order chi connectivity index (χ0) is 39.7. The Balaban J connectivity index is 1.08. The van der Waals surface area contributed by atoms with Gasteiger partial charge in [0.1, 0.15) is 6.07 Å². The van der Waals surface area contributed by atoms with Gasteiger partial charge in [-0.2, -0.15) is 15.2 Å². The first-order valence-corrected chi connectivity index (χ1v) is 20.6. The van der Waals surface area contributed by atoms with Gasteiger partial charge in [0, 0.05) is 48.2 Å². The second kappa shape index (κ2) is 13.6. The van der Waals surface area contributed by atoms with Crippen LogP contribution in [0.2, 0.25) is 0 Å². The van der Waals surface area contributed by atoms with Gasteiger partial charge in [-0.15, -0.1) is 0 Å². The summed E-state index contributed by atoms with van der Waals surface area (Å²) < 4.78 is 4.45. The molecule has 11 aromatic rings. The van der Waals surface area contributed by atoms with Gasteiger partial charge in [-0.25, -0.2) is 4.98 Å². The Hall–Kier alpha value is -7.99. The highest BCUT2D eigenvalue weighted by Gasteiger charge is 2.31. The van der Waals surface area contributed by atoms with E-state index < -0.39 is 0 Å². The first kappa shape index (κ1) is 34.1. The summed E-state index contributed by atoms with van der Waals surface area (Å²) >= 11 is 1.76. The van der Waals surface area contributed by atoms with E-state index in [4.69, 9.17) is 15.0 Å². The molecule has 1 aliphatic heterocycles. The molecule has 0 unspecified atom stereocenters. The van der Waals surface area contributed by atoms with E-state index >= 15 is 0 Å².